The lowest BCUT2D eigenvalue weighted by Gasteiger charge is -2.07. The summed E-state index contributed by atoms with van der Waals surface area (Å²) < 4.78 is 40.5. The summed E-state index contributed by atoms with van der Waals surface area (Å²) in [4.78, 5) is 11.8. The molecule has 0 aliphatic heterocycles. The molecule has 25 heavy (non-hydrogen) atoms. The van der Waals surface area contributed by atoms with Crippen LogP contribution >= 0.6 is 11.3 Å². The summed E-state index contributed by atoms with van der Waals surface area (Å²) in [6.07, 6.45) is 0. The van der Waals surface area contributed by atoms with Crippen LogP contribution < -0.4 is 10.2 Å². The Hall–Kier alpha value is -2.33. The zero-order valence-corrected chi connectivity index (χ0v) is 14.3. The number of amides is 1. The average Bonchev–Trinajstić information content (AvgIpc) is 3.03. The maximum absolute atomic E-state index is 12.9. The van der Waals surface area contributed by atoms with E-state index in [9.17, 15) is 17.6 Å². The minimum absolute atomic E-state index is 0.0204. The van der Waals surface area contributed by atoms with Gasteiger partial charge in [0.2, 0.25) is 10.0 Å². The Bertz CT molecular complexity index is 1030. The molecule has 0 aliphatic rings. The molecule has 3 rings (SSSR count). The molecule has 1 aromatic heterocycles. The number of fused-ring (bicyclic) bond motifs is 1. The van der Waals surface area contributed by atoms with Crippen LogP contribution in [0.3, 0.4) is 0 Å². The molecule has 0 unspecified atom stereocenters. The van der Waals surface area contributed by atoms with Crippen molar-refractivity contribution in [1.29, 1.82) is 0 Å². The molecule has 0 radical (unpaired) electrons. The second-order valence-electron chi connectivity index (χ2n) is 5.20. The normalized spacial score (nSPS) is 11.6. The highest BCUT2D eigenvalue weighted by atomic mass is 32.2. The number of benzene rings is 2. The van der Waals surface area contributed by atoms with Crippen LogP contribution in [0, 0.1) is 5.82 Å². The minimum Gasteiger partial charge on any atom is -0.288 e. The Morgan fingerprint density at radius 1 is 1.12 bits per heavy atom. The van der Waals surface area contributed by atoms with Crippen LogP contribution in [-0.4, -0.2) is 19.5 Å². The highest BCUT2D eigenvalue weighted by Gasteiger charge is 2.14. The van der Waals surface area contributed by atoms with Gasteiger partial charge in [-0.3, -0.25) is 10.0 Å². The van der Waals surface area contributed by atoms with Gasteiger partial charge in [0, 0.05) is 11.2 Å². The van der Waals surface area contributed by atoms with Crippen LogP contribution in [0.5, 0.6) is 0 Å². The largest absolute Gasteiger partial charge is 0.288 e. The molecule has 9 heteroatoms. The number of hydrogen-bond donors (Lipinski definition) is 3. The Kier molecular flexibility index (Phi) is 4.82. The molecule has 130 valence electrons. The van der Waals surface area contributed by atoms with Gasteiger partial charge in [0.1, 0.15) is 5.82 Å². The quantitative estimate of drug-likeness (QED) is 0.468. The van der Waals surface area contributed by atoms with Crippen molar-refractivity contribution in [2.45, 2.75) is 11.4 Å². The molecule has 0 fully saturated rings. The van der Waals surface area contributed by atoms with Crippen LogP contribution in [0.1, 0.15) is 15.2 Å². The number of hydroxylamine groups is 1. The van der Waals surface area contributed by atoms with Crippen molar-refractivity contribution in [2.75, 3.05) is 0 Å². The standard InChI is InChI=1S/C16H13FN2O4S2/c17-12-3-5-13(6-4-12)25(22,23)18-9-10-1-2-11-8-15(16(20)19-21)24-14(11)7-10/h1-8,18,21H,9H2,(H,19,20). The molecule has 0 spiro atoms. The summed E-state index contributed by atoms with van der Waals surface area (Å²) >= 11 is 1.18. The third-order valence-electron chi connectivity index (χ3n) is 3.50. The van der Waals surface area contributed by atoms with E-state index in [1.165, 1.54) is 23.5 Å². The lowest BCUT2D eigenvalue weighted by atomic mass is 10.2. The van der Waals surface area contributed by atoms with Gasteiger partial charge in [-0.15, -0.1) is 11.3 Å². The first kappa shape index (κ1) is 17.5. The Morgan fingerprint density at radius 3 is 2.52 bits per heavy atom. The van der Waals surface area contributed by atoms with E-state index in [4.69, 9.17) is 5.21 Å². The zero-order valence-electron chi connectivity index (χ0n) is 12.7. The van der Waals surface area contributed by atoms with E-state index in [-0.39, 0.29) is 11.4 Å². The first-order chi connectivity index (χ1) is 11.9. The highest BCUT2D eigenvalue weighted by Crippen LogP contribution is 2.26. The van der Waals surface area contributed by atoms with Crippen molar-refractivity contribution >= 4 is 37.4 Å². The molecule has 6 nitrogen and oxygen atoms in total. The first-order valence-corrected chi connectivity index (χ1v) is 9.41. The fourth-order valence-corrected chi connectivity index (χ4v) is 4.26. The van der Waals surface area contributed by atoms with E-state index < -0.39 is 21.7 Å². The van der Waals surface area contributed by atoms with Crippen LogP contribution in [-0.2, 0) is 16.6 Å². The third kappa shape index (κ3) is 3.85. The summed E-state index contributed by atoms with van der Waals surface area (Å²) in [5.74, 6) is -1.11. The van der Waals surface area contributed by atoms with E-state index in [1.54, 1.807) is 29.7 Å². The number of carbonyl (C=O) groups is 1. The fraction of sp³-hybridized carbons (Fsp3) is 0.0625. The van der Waals surface area contributed by atoms with Crippen molar-refractivity contribution in [3.05, 3.63) is 64.8 Å². The lowest BCUT2D eigenvalue weighted by molar-refractivity contribution is 0.0711. The van der Waals surface area contributed by atoms with E-state index in [0.717, 1.165) is 22.2 Å². The zero-order chi connectivity index (χ0) is 18.0. The maximum atomic E-state index is 12.9. The maximum Gasteiger partial charge on any atom is 0.284 e. The Balaban J connectivity index is 1.78. The molecule has 0 atom stereocenters. The molecule has 3 aromatic rings. The molecule has 1 amide bonds. The summed E-state index contributed by atoms with van der Waals surface area (Å²) in [6, 6.07) is 11.5. The van der Waals surface area contributed by atoms with Gasteiger partial charge < -0.3 is 0 Å². The molecule has 2 aromatic carbocycles. The number of thiophene rings is 1. The van der Waals surface area contributed by atoms with Gasteiger partial charge in [-0.05, 0) is 47.3 Å². The van der Waals surface area contributed by atoms with Gasteiger partial charge in [-0.1, -0.05) is 12.1 Å². The van der Waals surface area contributed by atoms with Gasteiger partial charge in [0.25, 0.3) is 5.91 Å². The van der Waals surface area contributed by atoms with Crippen molar-refractivity contribution in [3.8, 4) is 0 Å². The number of nitrogens with one attached hydrogen (secondary N) is 2. The SMILES string of the molecule is O=C(NO)c1cc2ccc(CNS(=O)(=O)c3ccc(F)cc3)cc2s1. The number of halogens is 1. The molecule has 0 saturated carbocycles. The monoisotopic (exact) mass is 380 g/mol. The summed E-state index contributed by atoms with van der Waals surface area (Å²) in [7, 11) is -3.75. The Morgan fingerprint density at radius 2 is 1.84 bits per heavy atom. The van der Waals surface area contributed by atoms with Gasteiger partial charge in [0.15, 0.2) is 0 Å². The van der Waals surface area contributed by atoms with Crippen molar-refractivity contribution in [1.82, 2.24) is 10.2 Å². The molecule has 0 aliphatic carbocycles. The van der Waals surface area contributed by atoms with Crippen LogP contribution in [0.25, 0.3) is 10.1 Å². The molecule has 1 heterocycles. The van der Waals surface area contributed by atoms with E-state index in [2.05, 4.69) is 4.72 Å². The smallest absolute Gasteiger partial charge is 0.284 e. The van der Waals surface area contributed by atoms with Gasteiger partial charge in [-0.2, -0.15) is 0 Å². The van der Waals surface area contributed by atoms with Gasteiger partial charge >= 0.3 is 0 Å². The molecule has 0 saturated heterocycles. The highest BCUT2D eigenvalue weighted by molar-refractivity contribution is 7.89. The van der Waals surface area contributed by atoms with Gasteiger partial charge in [0.05, 0.1) is 9.77 Å². The predicted molar refractivity (Wildman–Crippen MR) is 91.5 cm³/mol. The summed E-state index contributed by atoms with van der Waals surface area (Å²) in [5.41, 5.74) is 2.28. The average molecular weight is 380 g/mol. The first-order valence-electron chi connectivity index (χ1n) is 7.11. The predicted octanol–water partition coefficient (Wildman–Crippen LogP) is 2.64. The van der Waals surface area contributed by atoms with E-state index in [1.807, 2.05) is 0 Å². The van der Waals surface area contributed by atoms with E-state index >= 15 is 0 Å². The van der Waals surface area contributed by atoms with Crippen molar-refractivity contribution in [2.24, 2.45) is 0 Å². The second kappa shape index (κ2) is 6.89. The van der Waals surface area contributed by atoms with Crippen LogP contribution in [0.15, 0.2) is 53.4 Å². The molecular formula is C16H13FN2O4S2. The lowest BCUT2D eigenvalue weighted by Crippen LogP contribution is -2.23. The number of rotatable bonds is 5. The second-order valence-corrected chi connectivity index (χ2v) is 8.05. The number of hydrogen-bond acceptors (Lipinski definition) is 5. The van der Waals surface area contributed by atoms with Crippen molar-refractivity contribution in [3.63, 3.8) is 0 Å². The van der Waals surface area contributed by atoms with E-state index in [0.29, 0.717) is 10.4 Å². The van der Waals surface area contributed by atoms with Crippen LogP contribution in [0.4, 0.5) is 4.39 Å². The molecule has 0 bridgehead atoms. The number of carbonyl (C=O) groups excluding carboxylic acids is 1. The number of sulfonamides is 1. The topological polar surface area (TPSA) is 95.5 Å². The van der Waals surface area contributed by atoms with Gasteiger partial charge in [-0.25, -0.2) is 23.0 Å². The molecular weight excluding hydrogens is 367 g/mol. The minimum atomic E-state index is -3.75. The molecule has 3 N–H and O–H groups in total. The summed E-state index contributed by atoms with van der Waals surface area (Å²) in [5, 5.41) is 9.49. The van der Waals surface area contributed by atoms with Crippen molar-refractivity contribution < 1.29 is 22.8 Å². The Labute approximate surface area is 146 Å². The van der Waals surface area contributed by atoms with Crippen LogP contribution in [0.2, 0.25) is 0 Å². The fourth-order valence-electron chi connectivity index (χ4n) is 2.23. The summed E-state index contributed by atoms with van der Waals surface area (Å²) in [6.45, 7) is 0.0507. The third-order valence-corrected chi connectivity index (χ3v) is 6.01.